The molecule has 26 heavy (non-hydrogen) atoms. The maximum absolute atomic E-state index is 4.15. The summed E-state index contributed by atoms with van der Waals surface area (Å²) in [5.74, 6) is 2.00. The van der Waals surface area contributed by atoms with Gasteiger partial charge in [0.2, 0.25) is 0 Å². The van der Waals surface area contributed by atoms with Gasteiger partial charge in [0.25, 0.3) is 0 Å². The van der Waals surface area contributed by atoms with Crippen molar-refractivity contribution in [2.45, 2.75) is 92.4 Å². The first-order chi connectivity index (χ1) is 12.5. The van der Waals surface area contributed by atoms with Gasteiger partial charge in [0.15, 0.2) is 0 Å². The van der Waals surface area contributed by atoms with E-state index in [9.17, 15) is 0 Å². The van der Waals surface area contributed by atoms with E-state index < -0.39 is 0 Å². The molecule has 0 heteroatoms. The standard InChI is InChI=1S/C26H40/c1-8-12-14-22-17-23(16-21(22)10-3)26-19(6)18(5)24(11-4)20(7)25(26)15-13-9-2/h10,12,14,21-23H,3,8-9,11,13,15-17H2,1-2,4-7H3. The summed E-state index contributed by atoms with van der Waals surface area (Å²) in [6.45, 7) is 18.1. The van der Waals surface area contributed by atoms with E-state index in [0.29, 0.717) is 17.8 Å². The van der Waals surface area contributed by atoms with Crippen molar-refractivity contribution in [2.75, 3.05) is 0 Å². The van der Waals surface area contributed by atoms with Gasteiger partial charge in [-0.3, -0.25) is 0 Å². The van der Waals surface area contributed by atoms with E-state index >= 15 is 0 Å². The summed E-state index contributed by atoms with van der Waals surface area (Å²) in [5.41, 5.74) is 9.68. The van der Waals surface area contributed by atoms with E-state index in [-0.39, 0.29) is 0 Å². The Kier molecular flexibility index (Phi) is 7.74. The Morgan fingerprint density at radius 1 is 0.923 bits per heavy atom. The number of hydrogen-bond donors (Lipinski definition) is 0. The van der Waals surface area contributed by atoms with E-state index in [0.717, 1.165) is 12.8 Å². The van der Waals surface area contributed by atoms with Gasteiger partial charge < -0.3 is 0 Å². The molecule has 1 aliphatic carbocycles. The van der Waals surface area contributed by atoms with Crippen molar-refractivity contribution in [3.63, 3.8) is 0 Å². The zero-order valence-electron chi connectivity index (χ0n) is 18.1. The molecule has 0 radical (unpaired) electrons. The molecule has 1 aliphatic rings. The molecule has 0 saturated heterocycles. The fraction of sp³-hybridized carbons (Fsp3) is 0.615. The van der Waals surface area contributed by atoms with Crippen LogP contribution in [0.3, 0.4) is 0 Å². The Bertz CT molecular complexity index is 647. The summed E-state index contributed by atoms with van der Waals surface area (Å²) in [6.07, 6.45) is 15.7. The maximum Gasteiger partial charge on any atom is -0.0145 e. The average Bonchev–Trinajstić information content (AvgIpc) is 3.05. The van der Waals surface area contributed by atoms with Gasteiger partial charge in [-0.25, -0.2) is 0 Å². The van der Waals surface area contributed by atoms with Crippen molar-refractivity contribution in [3.05, 3.63) is 58.2 Å². The lowest BCUT2D eigenvalue weighted by Crippen LogP contribution is -2.10. The summed E-state index contributed by atoms with van der Waals surface area (Å²) in [7, 11) is 0. The summed E-state index contributed by atoms with van der Waals surface area (Å²) < 4.78 is 0. The van der Waals surface area contributed by atoms with Crippen LogP contribution < -0.4 is 0 Å². The third kappa shape index (κ3) is 4.16. The molecule has 1 saturated carbocycles. The van der Waals surface area contributed by atoms with Crippen LogP contribution in [-0.2, 0) is 12.8 Å². The third-order valence-electron chi connectivity index (χ3n) is 6.78. The van der Waals surface area contributed by atoms with Crippen LogP contribution in [0.2, 0.25) is 0 Å². The highest BCUT2D eigenvalue weighted by Crippen LogP contribution is 2.47. The van der Waals surface area contributed by atoms with Gasteiger partial charge in [-0.15, -0.1) is 6.58 Å². The molecule has 0 amide bonds. The van der Waals surface area contributed by atoms with Gasteiger partial charge in [-0.1, -0.05) is 45.4 Å². The summed E-state index contributed by atoms with van der Waals surface area (Å²) in [6, 6.07) is 0. The van der Waals surface area contributed by atoms with Crippen LogP contribution in [0.5, 0.6) is 0 Å². The van der Waals surface area contributed by atoms with Gasteiger partial charge in [0.05, 0.1) is 0 Å². The predicted molar refractivity (Wildman–Crippen MR) is 117 cm³/mol. The zero-order valence-corrected chi connectivity index (χ0v) is 18.1. The molecule has 2 rings (SSSR count). The summed E-state index contributed by atoms with van der Waals surface area (Å²) in [4.78, 5) is 0. The van der Waals surface area contributed by atoms with Gasteiger partial charge in [-0.05, 0) is 110 Å². The topological polar surface area (TPSA) is 0 Å². The molecule has 0 heterocycles. The zero-order chi connectivity index (χ0) is 19.3. The molecule has 3 unspecified atom stereocenters. The quantitative estimate of drug-likeness (QED) is 0.419. The smallest absolute Gasteiger partial charge is 0.0145 e. The molecule has 1 aromatic carbocycles. The number of hydrogen-bond acceptors (Lipinski definition) is 0. The first kappa shape index (κ1) is 21.0. The van der Waals surface area contributed by atoms with Gasteiger partial charge >= 0.3 is 0 Å². The lowest BCUT2D eigenvalue weighted by molar-refractivity contribution is 0.558. The Balaban J connectivity index is 2.50. The normalized spacial score (nSPS) is 23.1. The highest BCUT2D eigenvalue weighted by Gasteiger charge is 2.34. The fourth-order valence-electron chi connectivity index (χ4n) is 5.22. The molecule has 3 atom stereocenters. The lowest BCUT2D eigenvalue weighted by Gasteiger charge is -2.26. The summed E-state index contributed by atoms with van der Waals surface area (Å²) in [5, 5.41) is 0. The van der Waals surface area contributed by atoms with Crippen LogP contribution in [0.25, 0.3) is 0 Å². The number of benzene rings is 1. The van der Waals surface area contributed by atoms with Crippen molar-refractivity contribution in [1.29, 1.82) is 0 Å². The van der Waals surface area contributed by atoms with E-state index in [4.69, 9.17) is 0 Å². The van der Waals surface area contributed by atoms with E-state index in [1.165, 1.54) is 32.1 Å². The van der Waals surface area contributed by atoms with Crippen LogP contribution in [-0.4, -0.2) is 0 Å². The van der Waals surface area contributed by atoms with Gasteiger partial charge in [0, 0.05) is 0 Å². The minimum atomic E-state index is 0.632. The minimum Gasteiger partial charge on any atom is -0.103 e. The van der Waals surface area contributed by atoms with Crippen LogP contribution in [0.1, 0.15) is 92.2 Å². The molecular formula is C26H40. The Labute approximate surface area is 162 Å². The Hall–Kier alpha value is -1.30. The summed E-state index contributed by atoms with van der Waals surface area (Å²) >= 11 is 0. The molecular weight excluding hydrogens is 312 g/mol. The average molecular weight is 353 g/mol. The minimum absolute atomic E-state index is 0.632. The van der Waals surface area contributed by atoms with Crippen molar-refractivity contribution in [1.82, 2.24) is 0 Å². The van der Waals surface area contributed by atoms with Crippen LogP contribution in [0.4, 0.5) is 0 Å². The predicted octanol–water partition coefficient (Wildman–Crippen LogP) is 7.78. The van der Waals surface area contributed by atoms with Crippen molar-refractivity contribution in [2.24, 2.45) is 11.8 Å². The molecule has 1 fully saturated rings. The number of unbranched alkanes of at least 4 members (excludes halogenated alkanes) is 1. The number of allylic oxidation sites excluding steroid dienone is 3. The van der Waals surface area contributed by atoms with Crippen molar-refractivity contribution in [3.8, 4) is 0 Å². The molecule has 1 aromatic rings. The Morgan fingerprint density at radius 3 is 2.19 bits per heavy atom. The third-order valence-corrected chi connectivity index (χ3v) is 6.78. The van der Waals surface area contributed by atoms with Crippen LogP contribution in [0.15, 0.2) is 24.8 Å². The SMILES string of the molecule is C=CC1CC(c2c(C)c(C)c(CC)c(C)c2CCCC)CC1C=CCC. The second-order valence-electron chi connectivity index (χ2n) is 8.27. The van der Waals surface area contributed by atoms with E-state index in [2.05, 4.69) is 66.3 Å². The molecule has 0 N–H and O–H groups in total. The molecule has 0 aliphatic heterocycles. The monoisotopic (exact) mass is 352 g/mol. The largest absolute Gasteiger partial charge is 0.103 e. The molecule has 0 bridgehead atoms. The molecule has 0 spiro atoms. The second-order valence-corrected chi connectivity index (χ2v) is 8.27. The highest BCUT2D eigenvalue weighted by atomic mass is 14.4. The lowest BCUT2D eigenvalue weighted by atomic mass is 9.79. The first-order valence-electron chi connectivity index (χ1n) is 10.9. The van der Waals surface area contributed by atoms with Gasteiger partial charge in [-0.2, -0.15) is 0 Å². The highest BCUT2D eigenvalue weighted by molar-refractivity contribution is 5.52. The number of rotatable bonds is 8. The first-order valence-corrected chi connectivity index (χ1v) is 10.9. The van der Waals surface area contributed by atoms with Crippen LogP contribution in [0, 0.1) is 32.6 Å². The molecule has 144 valence electrons. The van der Waals surface area contributed by atoms with E-state index in [1.54, 1.807) is 33.4 Å². The van der Waals surface area contributed by atoms with Crippen molar-refractivity contribution >= 4 is 0 Å². The molecule has 0 aromatic heterocycles. The van der Waals surface area contributed by atoms with Crippen molar-refractivity contribution < 1.29 is 0 Å². The van der Waals surface area contributed by atoms with E-state index in [1.807, 2.05) is 0 Å². The van der Waals surface area contributed by atoms with Gasteiger partial charge in [0.1, 0.15) is 0 Å². The maximum atomic E-state index is 4.15. The molecule has 0 nitrogen and oxygen atoms in total. The fourth-order valence-corrected chi connectivity index (χ4v) is 5.22. The van der Waals surface area contributed by atoms with Crippen LogP contribution >= 0.6 is 0 Å². The Morgan fingerprint density at radius 2 is 1.62 bits per heavy atom. The second kappa shape index (κ2) is 9.58.